The van der Waals surface area contributed by atoms with Crippen LogP contribution >= 0.6 is 0 Å². The Morgan fingerprint density at radius 3 is 2.48 bits per heavy atom. The minimum Gasteiger partial charge on any atom is -0.305 e. The highest BCUT2D eigenvalue weighted by molar-refractivity contribution is 5.22. The van der Waals surface area contributed by atoms with Crippen LogP contribution in [0.3, 0.4) is 0 Å². The molecule has 0 aromatic carbocycles. The summed E-state index contributed by atoms with van der Waals surface area (Å²) in [6.45, 7) is 8.46. The fourth-order valence-corrected chi connectivity index (χ4v) is 7.23. The van der Waals surface area contributed by atoms with Crippen molar-refractivity contribution in [1.29, 1.82) is 0 Å². The zero-order valence-electron chi connectivity index (χ0n) is 13.6. The molecular formula is C18H29N3. The minimum atomic E-state index is 0.726. The number of rotatable bonds is 3. The molecule has 0 aromatic rings. The van der Waals surface area contributed by atoms with Crippen molar-refractivity contribution in [3.05, 3.63) is 0 Å². The highest BCUT2D eigenvalue weighted by atomic mass is 15.3. The van der Waals surface area contributed by atoms with E-state index in [4.69, 9.17) is 0 Å². The van der Waals surface area contributed by atoms with Gasteiger partial charge in [-0.15, -0.1) is 0 Å². The topological polar surface area (TPSA) is 9.72 Å². The molecule has 116 valence electrons. The van der Waals surface area contributed by atoms with Gasteiger partial charge in [0.25, 0.3) is 0 Å². The molecule has 3 nitrogen and oxygen atoms in total. The van der Waals surface area contributed by atoms with Crippen molar-refractivity contribution in [2.75, 3.05) is 53.4 Å². The lowest BCUT2D eigenvalue weighted by atomic mass is 9.85. The van der Waals surface area contributed by atoms with Crippen LogP contribution in [-0.4, -0.2) is 74.1 Å². The summed E-state index contributed by atoms with van der Waals surface area (Å²) >= 11 is 0. The first-order chi connectivity index (χ1) is 10.1. The van der Waals surface area contributed by atoms with Crippen molar-refractivity contribution < 1.29 is 0 Å². The molecule has 7 unspecified atom stereocenters. The van der Waals surface area contributed by atoms with Gasteiger partial charge >= 0.3 is 0 Å². The van der Waals surface area contributed by atoms with Crippen LogP contribution in [0.5, 0.6) is 0 Å². The summed E-state index contributed by atoms with van der Waals surface area (Å²) in [5, 5.41) is 0. The van der Waals surface area contributed by atoms with E-state index in [0.29, 0.717) is 0 Å². The molecule has 0 bridgehead atoms. The summed E-state index contributed by atoms with van der Waals surface area (Å²) in [7, 11) is 4.66. The van der Waals surface area contributed by atoms with Gasteiger partial charge in [0.1, 0.15) is 0 Å². The Kier molecular flexibility index (Phi) is 2.06. The van der Waals surface area contributed by atoms with E-state index in [2.05, 4.69) is 28.8 Å². The van der Waals surface area contributed by atoms with Gasteiger partial charge in [0.2, 0.25) is 0 Å². The lowest BCUT2D eigenvalue weighted by molar-refractivity contribution is 0.178. The number of fused-ring (bicyclic) bond motifs is 3. The maximum Gasteiger partial charge on any atom is 0.0131 e. The third-order valence-electron chi connectivity index (χ3n) is 8.33. The van der Waals surface area contributed by atoms with Crippen LogP contribution in [0.25, 0.3) is 0 Å². The Labute approximate surface area is 128 Å². The monoisotopic (exact) mass is 287 g/mol. The average Bonchev–Trinajstić information content (AvgIpc) is 3.35. The second kappa shape index (κ2) is 3.52. The molecule has 21 heavy (non-hydrogen) atoms. The van der Waals surface area contributed by atoms with Crippen LogP contribution in [0.2, 0.25) is 0 Å². The Hall–Kier alpha value is -0.120. The van der Waals surface area contributed by atoms with E-state index in [-0.39, 0.29) is 0 Å². The first-order valence-corrected chi connectivity index (χ1v) is 9.21. The second-order valence-corrected chi connectivity index (χ2v) is 9.79. The highest BCUT2D eigenvalue weighted by Gasteiger charge is 2.71. The van der Waals surface area contributed by atoms with Crippen molar-refractivity contribution >= 4 is 0 Å². The fourth-order valence-electron chi connectivity index (χ4n) is 7.23. The molecule has 3 saturated carbocycles. The number of nitrogens with zero attached hydrogens (tertiary/aromatic N) is 3. The lowest BCUT2D eigenvalue weighted by Gasteiger charge is -2.29. The molecule has 0 amide bonds. The third-order valence-corrected chi connectivity index (χ3v) is 8.33. The molecule has 0 spiro atoms. The largest absolute Gasteiger partial charge is 0.305 e. The predicted molar refractivity (Wildman–Crippen MR) is 83.0 cm³/mol. The van der Waals surface area contributed by atoms with Gasteiger partial charge in [-0.25, -0.2) is 0 Å². The number of likely N-dealkylation sites (tertiary alicyclic amines) is 3. The molecule has 3 heterocycles. The first kappa shape index (κ1) is 12.3. The average molecular weight is 287 g/mol. The van der Waals surface area contributed by atoms with Crippen LogP contribution < -0.4 is 0 Å². The molecule has 0 radical (unpaired) electrons. The molecule has 6 rings (SSSR count). The molecule has 6 fully saturated rings. The van der Waals surface area contributed by atoms with Crippen molar-refractivity contribution in [3.8, 4) is 0 Å². The van der Waals surface area contributed by atoms with Gasteiger partial charge in [0, 0.05) is 50.7 Å². The molecule has 7 atom stereocenters. The van der Waals surface area contributed by atoms with Gasteiger partial charge in [-0.2, -0.15) is 0 Å². The predicted octanol–water partition coefficient (Wildman–Crippen LogP) is 1.21. The van der Waals surface area contributed by atoms with Crippen molar-refractivity contribution in [2.45, 2.75) is 25.3 Å². The van der Waals surface area contributed by atoms with E-state index in [9.17, 15) is 0 Å². The quantitative estimate of drug-likeness (QED) is 0.772. The Balaban J connectivity index is 1.18. The maximum absolute atomic E-state index is 2.96. The molecule has 0 aromatic heterocycles. The first-order valence-electron chi connectivity index (χ1n) is 9.21. The Bertz CT molecular complexity index is 507. The summed E-state index contributed by atoms with van der Waals surface area (Å²) in [6, 6.07) is 0.998. The molecular weight excluding hydrogens is 258 g/mol. The van der Waals surface area contributed by atoms with Crippen molar-refractivity contribution in [2.24, 2.45) is 34.5 Å². The summed E-state index contributed by atoms with van der Waals surface area (Å²) < 4.78 is 0. The zero-order chi connectivity index (χ0) is 14.0. The van der Waals surface area contributed by atoms with Crippen molar-refractivity contribution in [3.63, 3.8) is 0 Å². The Morgan fingerprint density at radius 2 is 1.76 bits per heavy atom. The second-order valence-electron chi connectivity index (χ2n) is 9.79. The lowest BCUT2D eigenvalue weighted by Crippen LogP contribution is -2.37. The normalized spacial score (nSPS) is 61.7. The van der Waals surface area contributed by atoms with Gasteiger partial charge < -0.3 is 9.80 Å². The van der Waals surface area contributed by atoms with E-state index in [1.807, 2.05) is 0 Å². The molecule has 3 aliphatic carbocycles. The van der Waals surface area contributed by atoms with Crippen LogP contribution in [-0.2, 0) is 0 Å². The van der Waals surface area contributed by atoms with Crippen molar-refractivity contribution in [1.82, 2.24) is 14.7 Å². The SMILES string of the molecule is CN1CC2CC2(CN2CC(C34CC3CN(C)C4)C3CC32)C1. The molecule has 3 heteroatoms. The number of piperidine rings is 3. The number of hydrogen-bond donors (Lipinski definition) is 0. The third kappa shape index (κ3) is 1.51. The summed E-state index contributed by atoms with van der Waals surface area (Å²) in [5.74, 6) is 4.26. The van der Waals surface area contributed by atoms with Crippen LogP contribution in [0, 0.1) is 34.5 Å². The van der Waals surface area contributed by atoms with E-state index in [0.717, 1.165) is 40.5 Å². The fraction of sp³-hybridized carbons (Fsp3) is 1.00. The van der Waals surface area contributed by atoms with Crippen LogP contribution in [0.15, 0.2) is 0 Å². The zero-order valence-corrected chi connectivity index (χ0v) is 13.6. The maximum atomic E-state index is 2.96. The van der Waals surface area contributed by atoms with Crippen LogP contribution in [0.1, 0.15) is 19.3 Å². The minimum absolute atomic E-state index is 0.726. The van der Waals surface area contributed by atoms with Gasteiger partial charge in [-0.1, -0.05) is 0 Å². The van der Waals surface area contributed by atoms with Crippen LogP contribution in [0.4, 0.5) is 0 Å². The summed E-state index contributed by atoms with van der Waals surface area (Å²) in [5.41, 5.74) is 1.50. The van der Waals surface area contributed by atoms with Gasteiger partial charge in [0.15, 0.2) is 0 Å². The summed E-state index contributed by atoms with van der Waals surface area (Å²) in [4.78, 5) is 8.14. The molecule has 0 N–H and O–H groups in total. The van der Waals surface area contributed by atoms with E-state index in [1.54, 1.807) is 12.8 Å². The van der Waals surface area contributed by atoms with E-state index >= 15 is 0 Å². The smallest absolute Gasteiger partial charge is 0.0131 e. The van der Waals surface area contributed by atoms with E-state index in [1.165, 1.54) is 45.7 Å². The molecule has 3 aliphatic heterocycles. The summed E-state index contributed by atoms with van der Waals surface area (Å²) in [6.07, 6.45) is 4.64. The number of hydrogen-bond acceptors (Lipinski definition) is 3. The van der Waals surface area contributed by atoms with E-state index < -0.39 is 0 Å². The highest BCUT2D eigenvalue weighted by Crippen LogP contribution is 2.70. The standard InChI is InChI=1S/C18H29N3/c1-19-6-12-4-17(12,9-19)10-21-8-15(14-3-16(14)21)18-5-13(18)7-20(2)11-18/h12-16H,3-11H2,1-2H3. The van der Waals surface area contributed by atoms with Gasteiger partial charge in [-0.3, -0.25) is 4.90 Å². The van der Waals surface area contributed by atoms with Gasteiger partial charge in [0.05, 0.1) is 0 Å². The Morgan fingerprint density at radius 1 is 0.952 bits per heavy atom. The molecule has 3 saturated heterocycles. The van der Waals surface area contributed by atoms with Gasteiger partial charge in [-0.05, 0) is 62.4 Å². The molecule has 6 aliphatic rings.